The minimum Gasteiger partial charge on any atom is -0.480 e. The lowest BCUT2D eigenvalue weighted by molar-refractivity contribution is -0.151. The fourth-order valence-corrected chi connectivity index (χ4v) is 2.18. The molecular formula is C11H11Br2NO3. The minimum atomic E-state index is -1.48. The number of anilines is 1. The molecule has 0 aliphatic rings. The first-order valence-electron chi connectivity index (χ1n) is 4.75. The summed E-state index contributed by atoms with van der Waals surface area (Å²) in [7, 11) is 0. The first-order valence-corrected chi connectivity index (χ1v) is 6.34. The van der Waals surface area contributed by atoms with E-state index in [4.69, 9.17) is 5.11 Å². The Morgan fingerprint density at radius 3 is 2.12 bits per heavy atom. The van der Waals surface area contributed by atoms with Crippen molar-refractivity contribution in [3.63, 3.8) is 0 Å². The topological polar surface area (TPSA) is 66.4 Å². The summed E-state index contributed by atoms with van der Waals surface area (Å²) in [4.78, 5) is 22.8. The van der Waals surface area contributed by atoms with Crippen molar-refractivity contribution in [2.45, 2.75) is 13.8 Å². The van der Waals surface area contributed by atoms with Crippen molar-refractivity contribution in [1.82, 2.24) is 0 Å². The quantitative estimate of drug-likeness (QED) is 0.809. The van der Waals surface area contributed by atoms with Gasteiger partial charge in [0.1, 0.15) is 5.41 Å². The molecule has 0 atom stereocenters. The van der Waals surface area contributed by atoms with Crippen LogP contribution in [0, 0.1) is 5.41 Å². The zero-order chi connectivity index (χ0) is 13.2. The fraction of sp³-hybridized carbons (Fsp3) is 0.273. The molecule has 0 saturated heterocycles. The van der Waals surface area contributed by atoms with Crippen LogP contribution in [0.2, 0.25) is 0 Å². The van der Waals surface area contributed by atoms with Gasteiger partial charge in [-0.25, -0.2) is 0 Å². The Balaban J connectivity index is 3.00. The summed E-state index contributed by atoms with van der Waals surface area (Å²) >= 11 is 6.57. The third-order valence-corrected chi connectivity index (χ3v) is 3.63. The second kappa shape index (κ2) is 5.18. The van der Waals surface area contributed by atoms with Crippen LogP contribution in [-0.2, 0) is 9.59 Å². The Bertz CT molecular complexity index is 452. The minimum absolute atomic E-state index is 0.520. The van der Waals surface area contributed by atoms with Gasteiger partial charge in [-0.3, -0.25) is 9.59 Å². The molecule has 0 aliphatic heterocycles. The zero-order valence-corrected chi connectivity index (χ0v) is 12.4. The average Bonchev–Trinajstić information content (AvgIpc) is 2.23. The van der Waals surface area contributed by atoms with Gasteiger partial charge in [-0.15, -0.1) is 0 Å². The van der Waals surface area contributed by atoms with E-state index in [1.54, 1.807) is 18.2 Å². The maximum Gasteiger partial charge on any atom is 0.318 e. The number of hydrogen-bond donors (Lipinski definition) is 2. The maximum atomic E-state index is 11.8. The van der Waals surface area contributed by atoms with Gasteiger partial charge in [-0.2, -0.15) is 0 Å². The number of para-hydroxylation sites is 1. The SMILES string of the molecule is CC(C)(C(=O)O)C(=O)Nc1c(Br)cccc1Br. The molecule has 0 unspecified atom stereocenters. The van der Waals surface area contributed by atoms with E-state index in [1.165, 1.54) is 13.8 Å². The summed E-state index contributed by atoms with van der Waals surface area (Å²) in [5.74, 6) is -1.74. The third-order valence-electron chi connectivity index (χ3n) is 2.30. The average molecular weight is 365 g/mol. The maximum absolute atomic E-state index is 11.8. The number of carboxylic acid groups (broad SMARTS) is 1. The summed E-state index contributed by atoms with van der Waals surface area (Å²) in [5, 5.41) is 11.5. The lowest BCUT2D eigenvalue weighted by atomic mass is 9.92. The summed E-state index contributed by atoms with van der Waals surface area (Å²) in [6.07, 6.45) is 0. The predicted octanol–water partition coefficient (Wildman–Crippen LogP) is 3.26. The number of hydrogen-bond acceptors (Lipinski definition) is 2. The van der Waals surface area contributed by atoms with Gasteiger partial charge in [0, 0.05) is 8.95 Å². The highest BCUT2D eigenvalue weighted by atomic mass is 79.9. The number of halogens is 2. The van der Waals surface area contributed by atoms with Crippen molar-refractivity contribution in [2.75, 3.05) is 5.32 Å². The van der Waals surface area contributed by atoms with E-state index >= 15 is 0 Å². The number of carboxylic acids is 1. The van der Waals surface area contributed by atoms with Crippen LogP contribution in [0.5, 0.6) is 0 Å². The van der Waals surface area contributed by atoms with Gasteiger partial charge in [-0.05, 0) is 57.8 Å². The standard InChI is InChI=1S/C11H11Br2NO3/c1-11(2,10(16)17)9(15)14-8-6(12)4-3-5-7(8)13/h3-5H,1-2H3,(H,14,15)(H,16,17). The molecule has 0 aromatic heterocycles. The number of aliphatic carboxylic acids is 1. The molecule has 1 aromatic carbocycles. The number of amides is 1. The number of carbonyl (C=O) groups is 2. The van der Waals surface area contributed by atoms with E-state index in [-0.39, 0.29) is 0 Å². The molecule has 92 valence electrons. The van der Waals surface area contributed by atoms with Crippen molar-refractivity contribution in [2.24, 2.45) is 5.41 Å². The normalized spacial score (nSPS) is 11.1. The molecule has 6 heteroatoms. The first kappa shape index (κ1) is 14.2. The van der Waals surface area contributed by atoms with Gasteiger partial charge >= 0.3 is 5.97 Å². The first-order chi connectivity index (χ1) is 7.76. The van der Waals surface area contributed by atoms with Gasteiger partial charge < -0.3 is 10.4 Å². The number of rotatable bonds is 3. The van der Waals surface area contributed by atoms with Gasteiger partial charge in [0.05, 0.1) is 5.69 Å². The van der Waals surface area contributed by atoms with Crippen LogP contribution in [-0.4, -0.2) is 17.0 Å². The van der Waals surface area contributed by atoms with Crippen LogP contribution in [0.15, 0.2) is 27.1 Å². The number of benzene rings is 1. The van der Waals surface area contributed by atoms with E-state index in [9.17, 15) is 9.59 Å². The van der Waals surface area contributed by atoms with Crippen molar-refractivity contribution in [3.8, 4) is 0 Å². The van der Waals surface area contributed by atoms with Crippen molar-refractivity contribution in [3.05, 3.63) is 27.1 Å². The van der Waals surface area contributed by atoms with E-state index in [1.807, 2.05) is 0 Å². The van der Waals surface area contributed by atoms with Crippen LogP contribution in [0.1, 0.15) is 13.8 Å². The monoisotopic (exact) mass is 363 g/mol. The molecule has 1 rings (SSSR count). The van der Waals surface area contributed by atoms with E-state index < -0.39 is 17.3 Å². The smallest absolute Gasteiger partial charge is 0.318 e. The zero-order valence-electron chi connectivity index (χ0n) is 9.25. The molecule has 17 heavy (non-hydrogen) atoms. The highest BCUT2D eigenvalue weighted by Crippen LogP contribution is 2.32. The lowest BCUT2D eigenvalue weighted by Crippen LogP contribution is -2.38. The van der Waals surface area contributed by atoms with Crippen molar-refractivity contribution >= 4 is 49.4 Å². The Hall–Kier alpha value is -0.880. The molecule has 0 spiro atoms. The van der Waals surface area contributed by atoms with Crippen LogP contribution in [0.3, 0.4) is 0 Å². The van der Waals surface area contributed by atoms with Crippen LogP contribution < -0.4 is 5.32 Å². The summed E-state index contributed by atoms with van der Waals surface area (Å²) in [6.45, 7) is 2.71. The third kappa shape index (κ3) is 3.07. The Morgan fingerprint density at radius 1 is 1.24 bits per heavy atom. The highest BCUT2D eigenvalue weighted by molar-refractivity contribution is 9.11. The second-order valence-corrected chi connectivity index (χ2v) is 5.69. The highest BCUT2D eigenvalue weighted by Gasteiger charge is 2.36. The molecular weight excluding hydrogens is 354 g/mol. The van der Waals surface area contributed by atoms with Gasteiger partial charge in [0.2, 0.25) is 5.91 Å². The lowest BCUT2D eigenvalue weighted by Gasteiger charge is -2.19. The molecule has 1 aromatic rings. The van der Waals surface area contributed by atoms with Crippen LogP contribution in [0.4, 0.5) is 5.69 Å². The Labute approximate surface area is 116 Å². The van der Waals surface area contributed by atoms with Gasteiger partial charge in [-0.1, -0.05) is 6.07 Å². The van der Waals surface area contributed by atoms with Crippen LogP contribution in [0.25, 0.3) is 0 Å². The molecule has 0 heterocycles. The molecule has 0 fully saturated rings. The number of carbonyl (C=O) groups excluding carboxylic acids is 1. The Morgan fingerprint density at radius 2 is 1.71 bits per heavy atom. The fourth-order valence-electron chi connectivity index (χ4n) is 0.984. The molecule has 0 radical (unpaired) electrons. The molecule has 4 nitrogen and oxygen atoms in total. The van der Waals surface area contributed by atoms with Crippen molar-refractivity contribution in [1.29, 1.82) is 0 Å². The molecule has 1 amide bonds. The molecule has 2 N–H and O–H groups in total. The molecule has 0 saturated carbocycles. The van der Waals surface area contributed by atoms with Gasteiger partial charge in [0.25, 0.3) is 0 Å². The number of nitrogens with one attached hydrogen (secondary N) is 1. The predicted molar refractivity (Wildman–Crippen MR) is 71.9 cm³/mol. The Kier molecular flexibility index (Phi) is 4.32. The molecule has 0 bridgehead atoms. The second-order valence-electron chi connectivity index (χ2n) is 3.98. The van der Waals surface area contributed by atoms with Gasteiger partial charge in [0.15, 0.2) is 0 Å². The van der Waals surface area contributed by atoms with E-state index in [2.05, 4.69) is 37.2 Å². The summed E-state index contributed by atoms with van der Waals surface area (Å²) < 4.78 is 1.36. The largest absolute Gasteiger partial charge is 0.480 e. The van der Waals surface area contributed by atoms with Crippen molar-refractivity contribution < 1.29 is 14.7 Å². The van der Waals surface area contributed by atoms with E-state index in [0.29, 0.717) is 14.6 Å². The summed E-state index contributed by atoms with van der Waals surface area (Å²) in [6, 6.07) is 5.31. The van der Waals surface area contributed by atoms with E-state index in [0.717, 1.165) is 0 Å². The summed E-state index contributed by atoms with van der Waals surface area (Å²) in [5.41, 5.74) is -0.957. The van der Waals surface area contributed by atoms with Crippen LogP contribution >= 0.6 is 31.9 Å². The molecule has 0 aliphatic carbocycles.